The number of carbonyl (C=O) groups is 1. The van der Waals surface area contributed by atoms with E-state index in [1.54, 1.807) is 29.4 Å². The summed E-state index contributed by atoms with van der Waals surface area (Å²) in [6.07, 6.45) is 5.73. The lowest BCUT2D eigenvalue weighted by Gasteiger charge is -2.16. The first-order chi connectivity index (χ1) is 10.8. The van der Waals surface area contributed by atoms with Crippen molar-refractivity contribution in [2.24, 2.45) is 0 Å². The van der Waals surface area contributed by atoms with Gasteiger partial charge in [0.1, 0.15) is 0 Å². The fourth-order valence-corrected chi connectivity index (χ4v) is 2.83. The van der Waals surface area contributed by atoms with E-state index < -0.39 is 0 Å². The van der Waals surface area contributed by atoms with Gasteiger partial charge in [0, 0.05) is 24.5 Å². The van der Waals surface area contributed by atoms with Gasteiger partial charge in [-0.25, -0.2) is 0 Å². The lowest BCUT2D eigenvalue weighted by molar-refractivity contribution is 0.0960. The van der Waals surface area contributed by atoms with Crippen LogP contribution in [-0.4, -0.2) is 27.6 Å². The lowest BCUT2D eigenvalue weighted by atomic mass is 10.3. The maximum absolute atomic E-state index is 12.5. The molecular formula is C15H14N4O2S. The first-order valence-corrected chi connectivity index (χ1v) is 7.70. The molecule has 0 aromatic carbocycles. The maximum atomic E-state index is 12.5. The number of carbonyl (C=O) groups excluding carboxylic acids is 1. The third kappa shape index (κ3) is 2.89. The van der Waals surface area contributed by atoms with Crippen molar-refractivity contribution in [3.63, 3.8) is 0 Å². The van der Waals surface area contributed by atoms with Gasteiger partial charge >= 0.3 is 0 Å². The van der Waals surface area contributed by atoms with E-state index >= 15 is 0 Å². The Hall–Kier alpha value is -2.54. The van der Waals surface area contributed by atoms with Crippen molar-refractivity contribution < 1.29 is 9.21 Å². The number of hydrogen-bond donors (Lipinski definition) is 0. The number of hydrogen-bond acceptors (Lipinski definition) is 6. The Kier molecular flexibility index (Phi) is 4.24. The quantitative estimate of drug-likeness (QED) is 0.723. The fraction of sp³-hybridized carbons (Fsp3) is 0.200. The molecule has 3 aromatic rings. The normalized spacial score (nSPS) is 10.6. The van der Waals surface area contributed by atoms with Gasteiger partial charge < -0.3 is 4.42 Å². The average molecular weight is 314 g/mol. The van der Waals surface area contributed by atoms with E-state index in [1.165, 1.54) is 17.6 Å². The molecule has 0 aliphatic heterocycles. The largest absolute Gasteiger partial charge is 0.459 e. The molecule has 6 nitrogen and oxygen atoms in total. The summed E-state index contributed by atoms with van der Waals surface area (Å²) in [7, 11) is 0. The van der Waals surface area contributed by atoms with Crippen molar-refractivity contribution in [1.29, 1.82) is 0 Å². The van der Waals surface area contributed by atoms with E-state index in [-0.39, 0.29) is 5.91 Å². The molecule has 0 saturated heterocycles. The minimum Gasteiger partial charge on any atom is -0.459 e. The molecule has 0 radical (unpaired) electrons. The Morgan fingerprint density at radius 3 is 2.91 bits per heavy atom. The number of rotatable bonds is 5. The molecule has 0 atom stereocenters. The summed E-state index contributed by atoms with van der Waals surface area (Å²) < 4.78 is 5.19. The molecule has 3 heterocycles. The summed E-state index contributed by atoms with van der Waals surface area (Å²) in [5.41, 5.74) is 0.883. The Balaban J connectivity index is 1.90. The molecule has 0 aliphatic rings. The summed E-state index contributed by atoms with van der Waals surface area (Å²) in [5.74, 6) is 0.0901. The van der Waals surface area contributed by atoms with Gasteiger partial charge in [0.05, 0.1) is 6.26 Å². The highest BCUT2D eigenvalue weighted by molar-refractivity contribution is 7.18. The van der Waals surface area contributed by atoms with E-state index in [0.717, 1.165) is 17.0 Å². The number of amides is 1. The van der Waals surface area contributed by atoms with E-state index in [0.29, 0.717) is 17.4 Å². The molecule has 1 amide bonds. The van der Waals surface area contributed by atoms with Crippen molar-refractivity contribution in [3.05, 3.63) is 48.7 Å². The van der Waals surface area contributed by atoms with Gasteiger partial charge in [-0.2, -0.15) is 0 Å². The first kappa shape index (κ1) is 14.4. The van der Waals surface area contributed by atoms with Crippen LogP contribution in [-0.2, 0) is 0 Å². The van der Waals surface area contributed by atoms with E-state index in [2.05, 4.69) is 15.2 Å². The number of aromatic nitrogens is 3. The van der Waals surface area contributed by atoms with Gasteiger partial charge in [-0.3, -0.25) is 14.7 Å². The van der Waals surface area contributed by atoms with Crippen LogP contribution in [0.15, 0.2) is 47.3 Å². The second kappa shape index (κ2) is 6.48. The highest BCUT2D eigenvalue weighted by atomic mass is 32.1. The van der Waals surface area contributed by atoms with E-state index in [9.17, 15) is 4.79 Å². The Morgan fingerprint density at radius 2 is 2.23 bits per heavy atom. The molecule has 0 spiro atoms. The van der Waals surface area contributed by atoms with Crippen LogP contribution in [0, 0.1) is 0 Å². The zero-order valence-electron chi connectivity index (χ0n) is 12.0. The standard InChI is InChI=1S/C15H14N4O2S/c1-2-8-19(14(20)12-6-4-9-21-12)15-18-17-13(22-15)11-5-3-7-16-10-11/h3-7,9-10H,2,8H2,1H3. The lowest BCUT2D eigenvalue weighted by Crippen LogP contribution is -2.31. The molecular weight excluding hydrogens is 300 g/mol. The van der Waals surface area contributed by atoms with Crippen LogP contribution in [0.5, 0.6) is 0 Å². The molecule has 0 unspecified atom stereocenters. The van der Waals surface area contributed by atoms with Gasteiger partial charge in [-0.15, -0.1) is 10.2 Å². The third-order valence-corrected chi connectivity index (χ3v) is 3.97. The monoisotopic (exact) mass is 314 g/mol. The van der Waals surface area contributed by atoms with Crippen molar-refractivity contribution in [3.8, 4) is 10.6 Å². The molecule has 0 N–H and O–H groups in total. The van der Waals surface area contributed by atoms with Gasteiger partial charge in [-0.05, 0) is 30.7 Å². The summed E-state index contributed by atoms with van der Waals surface area (Å²) >= 11 is 1.36. The molecule has 0 aliphatic carbocycles. The van der Waals surface area contributed by atoms with Crippen molar-refractivity contribution in [1.82, 2.24) is 15.2 Å². The molecule has 0 fully saturated rings. The van der Waals surface area contributed by atoms with Crippen molar-refractivity contribution >= 4 is 22.4 Å². The number of pyridine rings is 1. The molecule has 112 valence electrons. The molecule has 0 saturated carbocycles. The van der Waals surface area contributed by atoms with Crippen LogP contribution in [0.25, 0.3) is 10.6 Å². The van der Waals surface area contributed by atoms with Crippen LogP contribution >= 0.6 is 11.3 Å². The van der Waals surface area contributed by atoms with Gasteiger partial charge in [0.25, 0.3) is 5.91 Å². The second-order valence-electron chi connectivity index (χ2n) is 4.57. The topological polar surface area (TPSA) is 72.1 Å². The number of furan rings is 1. The molecule has 0 bridgehead atoms. The highest BCUT2D eigenvalue weighted by Gasteiger charge is 2.23. The van der Waals surface area contributed by atoms with E-state index in [4.69, 9.17) is 4.42 Å². The van der Waals surface area contributed by atoms with E-state index in [1.807, 2.05) is 19.1 Å². The molecule has 22 heavy (non-hydrogen) atoms. The van der Waals surface area contributed by atoms with Crippen LogP contribution in [0.2, 0.25) is 0 Å². The molecule has 3 aromatic heterocycles. The van der Waals surface area contributed by atoms with Crippen LogP contribution in [0.4, 0.5) is 5.13 Å². The predicted molar refractivity (Wildman–Crippen MR) is 83.8 cm³/mol. The first-order valence-electron chi connectivity index (χ1n) is 6.89. The Morgan fingerprint density at radius 1 is 1.32 bits per heavy atom. The maximum Gasteiger partial charge on any atom is 0.295 e. The predicted octanol–water partition coefficient (Wildman–Crippen LogP) is 3.25. The highest BCUT2D eigenvalue weighted by Crippen LogP contribution is 2.29. The third-order valence-electron chi connectivity index (χ3n) is 2.98. The van der Waals surface area contributed by atoms with Crippen molar-refractivity contribution in [2.75, 3.05) is 11.4 Å². The summed E-state index contributed by atoms with van der Waals surface area (Å²) in [6, 6.07) is 7.09. The molecule has 3 rings (SSSR count). The zero-order valence-corrected chi connectivity index (χ0v) is 12.8. The zero-order chi connectivity index (χ0) is 15.4. The Labute approximate surface area is 131 Å². The van der Waals surface area contributed by atoms with Crippen LogP contribution in [0.1, 0.15) is 23.9 Å². The van der Waals surface area contributed by atoms with Crippen molar-refractivity contribution in [2.45, 2.75) is 13.3 Å². The average Bonchev–Trinajstić information content (AvgIpc) is 3.24. The summed E-state index contributed by atoms with van der Waals surface area (Å²) in [4.78, 5) is 18.2. The van der Waals surface area contributed by atoms with Crippen LogP contribution in [0.3, 0.4) is 0 Å². The van der Waals surface area contributed by atoms with Gasteiger partial charge in [0.2, 0.25) is 5.13 Å². The second-order valence-corrected chi connectivity index (χ2v) is 5.52. The summed E-state index contributed by atoms with van der Waals surface area (Å²) in [6.45, 7) is 2.56. The number of anilines is 1. The number of nitrogens with zero attached hydrogens (tertiary/aromatic N) is 4. The van der Waals surface area contributed by atoms with Crippen LogP contribution < -0.4 is 4.90 Å². The fourth-order valence-electron chi connectivity index (χ4n) is 1.97. The SMILES string of the molecule is CCCN(C(=O)c1ccco1)c1nnc(-c2cccnc2)s1. The smallest absolute Gasteiger partial charge is 0.295 e. The van der Waals surface area contributed by atoms with Gasteiger partial charge in [-0.1, -0.05) is 18.3 Å². The molecule has 7 heteroatoms. The minimum atomic E-state index is -0.208. The Bertz CT molecular complexity index is 740. The summed E-state index contributed by atoms with van der Waals surface area (Å²) in [5, 5.41) is 9.59. The van der Waals surface area contributed by atoms with Gasteiger partial charge in [0.15, 0.2) is 10.8 Å². The minimum absolute atomic E-state index is 0.208.